The first-order valence-corrected chi connectivity index (χ1v) is 5.05. The van der Waals surface area contributed by atoms with Gasteiger partial charge in [-0.05, 0) is 25.9 Å². The van der Waals surface area contributed by atoms with Gasteiger partial charge in [0.2, 0.25) is 0 Å². The van der Waals surface area contributed by atoms with Crippen LogP contribution in [0.2, 0.25) is 0 Å². The zero-order valence-corrected chi connectivity index (χ0v) is 8.65. The van der Waals surface area contributed by atoms with E-state index < -0.39 is 6.10 Å². The fourth-order valence-electron chi connectivity index (χ4n) is 0.858. The molecule has 0 radical (unpaired) electrons. The van der Waals surface area contributed by atoms with E-state index in [-0.39, 0.29) is 0 Å². The van der Waals surface area contributed by atoms with Crippen molar-refractivity contribution in [2.45, 2.75) is 18.9 Å². The molecule has 0 aliphatic heterocycles. The summed E-state index contributed by atoms with van der Waals surface area (Å²) >= 11 is 0. The number of nitrogens with two attached hydrogens (primary N) is 2. The molecule has 14 heavy (non-hydrogen) atoms. The topological polar surface area (TPSA) is 90.7 Å². The van der Waals surface area contributed by atoms with Crippen molar-refractivity contribution in [3.8, 4) is 0 Å². The van der Waals surface area contributed by atoms with E-state index in [0.717, 1.165) is 12.8 Å². The molecule has 0 aliphatic rings. The molecule has 0 aliphatic carbocycles. The van der Waals surface area contributed by atoms with E-state index in [2.05, 4.69) is 0 Å². The predicted molar refractivity (Wildman–Crippen MR) is 55.0 cm³/mol. The summed E-state index contributed by atoms with van der Waals surface area (Å²) in [7, 11) is 0. The first-order valence-electron chi connectivity index (χ1n) is 5.05. The van der Waals surface area contributed by atoms with Crippen LogP contribution in [-0.4, -0.2) is 50.7 Å². The molecule has 0 fully saturated rings. The van der Waals surface area contributed by atoms with Gasteiger partial charge in [-0.1, -0.05) is 0 Å². The first kappa shape index (κ1) is 13.8. The molecule has 5 N–H and O–H groups in total. The maximum atomic E-state index is 9.34. The van der Waals surface area contributed by atoms with Crippen LogP contribution in [0, 0.1) is 0 Å². The lowest BCUT2D eigenvalue weighted by Gasteiger charge is -2.11. The Morgan fingerprint density at radius 3 is 1.71 bits per heavy atom. The van der Waals surface area contributed by atoms with Crippen LogP contribution in [0.15, 0.2) is 0 Å². The molecule has 5 heteroatoms. The number of rotatable bonds is 10. The van der Waals surface area contributed by atoms with Gasteiger partial charge in [0, 0.05) is 13.2 Å². The molecule has 0 aromatic rings. The molecule has 0 atom stereocenters. The maximum absolute atomic E-state index is 9.34. The van der Waals surface area contributed by atoms with Crippen LogP contribution in [0.5, 0.6) is 0 Å². The Bertz CT molecular complexity index is 102. The second kappa shape index (κ2) is 10.9. The van der Waals surface area contributed by atoms with E-state index in [4.69, 9.17) is 20.9 Å². The minimum Gasteiger partial charge on any atom is -0.388 e. The van der Waals surface area contributed by atoms with Crippen LogP contribution >= 0.6 is 0 Å². The highest BCUT2D eigenvalue weighted by molar-refractivity contribution is 4.51. The lowest BCUT2D eigenvalue weighted by atomic mass is 10.4. The summed E-state index contributed by atoms with van der Waals surface area (Å²) in [5.41, 5.74) is 10.6. The largest absolute Gasteiger partial charge is 0.388 e. The molecule has 0 rings (SSSR count). The van der Waals surface area contributed by atoms with Gasteiger partial charge in [-0.2, -0.15) is 0 Å². The van der Waals surface area contributed by atoms with Crippen LogP contribution in [0.1, 0.15) is 12.8 Å². The standard InChI is InChI=1S/C9H22N2O3/c10-3-1-5-13-7-9(12)8-14-6-2-4-11/h9,12H,1-8,10-11H2. The predicted octanol–water partition coefficient (Wildman–Crippen LogP) is -0.922. The van der Waals surface area contributed by atoms with Gasteiger partial charge in [0.25, 0.3) is 0 Å². The van der Waals surface area contributed by atoms with Crippen molar-refractivity contribution in [3.05, 3.63) is 0 Å². The summed E-state index contributed by atoms with van der Waals surface area (Å²) < 4.78 is 10.3. The van der Waals surface area contributed by atoms with E-state index in [1.165, 1.54) is 0 Å². The summed E-state index contributed by atoms with van der Waals surface area (Å²) in [5.74, 6) is 0. The average Bonchev–Trinajstić information content (AvgIpc) is 2.19. The highest BCUT2D eigenvalue weighted by Gasteiger charge is 2.03. The molecule has 5 nitrogen and oxygen atoms in total. The molecule has 0 saturated heterocycles. The molecule has 0 saturated carbocycles. The Hall–Kier alpha value is -0.200. The van der Waals surface area contributed by atoms with Gasteiger partial charge in [-0.15, -0.1) is 0 Å². The Morgan fingerprint density at radius 1 is 0.929 bits per heavy atom. The number of ether oxygens (including phenoxy) is 2. The molecule has 0 heterocycles. The van der Waals surface area contributed by atoms with Crippen LogP contribution in [0.25, 0.3) is 0 Å². The summed E-state index contributed by atoms with van der Waals surface area (Å²) in [6.45, 7) is 3.03. The van der Waals surface area contributed by atoms with Crippen molar-refractivity contribution in [1.29, 1.82) is 0 Å². The van der Waals surface area contributed by atoms with Gasteiger partial charge >= 0.3 is 0 Å². The van der Waals surface area contributed by atoms with Crippen molar-refractivity contribution in [1.82, 2.24) is 0 Å². The molecular weight excluding hydrogens is 184 g/mol. The third-order valence-electron chi connectivity index (χ3n) is 1.61. The Balaban J connectivity index is 3.07. The molecule has 0 aromatic carbocycles. The van der Waals surface area contributed by atoms with Gasteiger partial charge in [0.05, 0.1) is 13.2 Å². The Morgan fingerprint density at radius 2 is 1.36 bits per heavy atom. The molecule has 0 bridgehead atoms. The minimum atomic E-state index is -0.550. The number of hydrogen-bond acceptors (Lipinski definition) is 5. The molecule has 86 valence electrons. The van der Waals surface area contributed by atoms with Crippen LogP contribution in [0.3, 0.4) is 0 Å². The van der Waals surface area contributed by atoms with Crippen LogP contribution < -0.4 is 11.5 Å². The normalized spacial score (nSPS) is 11.1. The van der Waals surface area contributed by atoms with Gasteiger partial charge in [-0.3, -0.25) is 0 Å². The van der Waals surface area contributed by atoms with E-state index in [0.29, 0.717) is 39.5 Å². The Kier molecular flexibility index (Phi) is 10.7. The molecule has 0 amide bonds. The minimum absolute atomic E-state index is 0.308. The molecule has 0 spiro atoms. The second-order valence-corrected chi connectivity index (χ2v) is 3.09. The highest BCUT2D eigenvalue weighted by Crippen LogP contribution is 1.90. The second-order valence-electron chi connectivity index (χ2n) is 3.09. The number of aliphatic hydroxyl groups excluding tert-OH is 1. The van der Waals surface area contributed by atoms with Crippen LogP contribution in [0.4, 0.5) is 0 Å². The zero-order chi connectivity index (χ0) is 10.6. The summed E-state index contributed by atoms with van der Waals surface area (Å²) in [5, 5.41) is 9.34. The quantitative estimate of drug-likeness (QED) is 0.402. The SMILES string of the molecule is NCCCOCC(O)COCCCN. The summed E-state index contributed by atoms with van der Waals surface area (Å²) in [6.07, 6.45) is 1.09. The smallest absolute Gasteiger partial charge is 0.101 e. The third kappa shape index (κ3) is 9.88. The highest BCUT2D eigenvalue weighted by atomic mass is 16.5. The number of aliphatic hydroxyl groups is 1. The lowest BCUT2D eigenvalue weighted by Crippen LogP contribution is -2.23. The van der Waals surface area contributed by atoms with E-state index >= 15 is 0 Å². The fraction of sp³-hybridized carbons (Fsp3) is 1.00. The van der Waals surface area contributed by atoms with Gasteiger partial charge < -0.3 is 26.0 Å². The summed E-state index contributed by atoms with van der Waals surface area (Å²) in [6, 6.07) is 0. The monoisotopic (exact) mass is 206 g/mol. The third-order valence-corrected chi connectivity index (χ3v) is 1.61. The fourth-order valence-corrected chi connectivity index (χ4v) is 0.858. The Labute approximate surface area is 85.4 Å². The van der Waals surface area contributed by atoms with Crippen molar-refractivity contribution in [2.24, 2.45) is 11.5 Å². The van der Waals surface area contributed by atoms with E-state index in [1.54, 1.807) is 0 Å². The van der Waals surface area contributed by atoms with E-state index in [9.17, 15) is 5.11 Å². The van der Waals surface area contributed by atoms with Gasteiger partial charge in [0.1, 0.15) is 6.10 Å². The first-order chi connectivity index (χ1) is 6.81. The molecule has 0 unspecified atom stereocenters. The van der Waals surface area contributed by atoms with Gasteiger partial charge in [-0.25, -0.2) is 0 Å². The number of hydrogen-bond donors (Lipinski definition) is 3. The molecular formula is C9H22N2O3. The van der Waals surface area contributed by atoms with Crippen LogP contribution in [-0.2, 0) is 9.47 Å². The van der Waals surface area contributed by atoms with Gasteiger partial charge in [0.15, 0.2) is 0 Å². The van der Waals surface area contributed by atoms with Crippen molar-refractivity contribution in [3.63, 3.8) is 0 Å². The average molecular weight is 206 g/mol. The zero-order valence-electron chi connectivity index (χ0n) is 8.65. The summed E-state index contributed by atoms with van der Waals surface area (Å²) in [4.78, 5) is 0. The lowest BCUT2D eigenvalue weighted by molar-refractivity contribution is -0.0189. The van der Waals surface area contributed by atoms with E-state index in [1.807, 2.05) is 0 Å². The van der Waals surface area contributed by atoms with Crippen molar-refractivity contribution < 1.29 is 14.6 Å². The molecule has 0 aromatic heterocycles. The maximum Gasteiger partial charge on any atom is 0.101 e. The van der Waals surface area contributed by atoms with Crippen molar-refractivity contribution >= 4 is 0 Å². The van der Waals surface area contributed by atoms with Crippen molar-refractivity contribution in [2.75, 3.05) is 39.5 Å².